The maximum Gasteiger partial charge on any atom is 0.220 e. The first-order valence-corrected chi connectivity index (χ1v) is 6.63. The Hall–Kier alpha value is -0.0500. The minimum absolute atomic E-state index is 0.0369. The van der Waals surface area contributed by atoms with Gasteiger partial charge in [-0.25, -0.2) is 0 Å². The molecule has 0 bridgehead atoms. The number of carbonyl (C=O) groups excluding carboxylic acids is 1. The summed E-state index contributed by atoms with van der Waals surface area (Å²) < 4.78 is 0. The lowest BCUT2D eigenvalue weighted by Crippen LogP contribution is -2.49. The van der Waals surface area contributed by atoms with Crippen LogP contribution in [0.15, 0.2) is 0 Å². The maximum absolute atomic E-state index is 11.6. The Balaban J connectivity index is 4.08. The molecule has 0 heterocycles. The Labute approximate surface area is 96.0 Å². The molecule has 0 aliphatic rings. The number of halogens is 1. The van der Waals surface area contributed by atoms with Gasteiger partial charge < -0.3 is 5.32 Å². The SMILES string of the molecule is CCCCC(=O)NC(CC)(CC)CBr. The summed E-state index contributed by atoms with van der Waals surface area (Å²) in [4.78, 5) is 11.6. The van der Waals surface area contributed by atoms with Crippen LogP contribution in [0.25, 0.3) is 0 Å². The largest absolute Gasteiger partial charge is 0.350 e. The van der Waals surface area contributed by atoms with Crippen LogP contribution in [0.1, 0.15) is 52.9 Å². The average Bonchev–Trinajstić information content (AvgIpc) is 2.23. The van der Waals surface area contributed by atoms with E-state index in [4.69, 9.17) is 0 Å². The maximum atomic E-state index is 11.6. The highest BCUT2D eigenvalue weighted by Crippen LogP contribution is 2.18. The summed E-state index contributed by atoms with van der Waals surface area (Å²) >= 11 is 3.48. The molecule has 0 fully saturated rings. The number of nitrogens with one attached hydrogen (secondary N) is 1. The summed E-state index contributed by atoms with van der Waals surface area (Å²) in [6, 6.07) is 0. The molecule has 0 rings (SSSR count). The van der Waals surface area contributed by atoms with Crippen molar-refractivity contribution in [1.82, 2.24) is 5.32 Å². The molecule has 0 unspecified atom stereocenters. The van der Waals surface area contributed by atoms with Crippen LogP contribution in [0.4, 0.5) is 0 Å². The zero-order valence-corrected chi connectivity index (χ0v) is 11.1. The fourth-order valence-electron chi connectivity index (χ4n) is 1.34. The zero-order chi connectivity index (χ0) is 11.0. The Morgan fingerprint density at radius 1 is 1.29 bits per heavy atom. The molecule has 2 nitrogen and oxygen atoms in total. The molecule has 0 aliphatic heterocycles. The van der Waals surface area contributed by atoms with Crippen LogP contribution in [0.3, 0.4) is 0 Å². The molecule has 0 aliphatic carbocycles. The van der Waals surface area contributed by atoms with Crippen LogP contribution in [-0.2, 0) is 4.79 Å². The minimum Gasteiger partial charge on any atom is -0.350 e. The standard InChI is InChI=1S/C11H22BrNO/c1-4-7-8-10(14)13-11(5-2,6-3)9-12/h4-9H2,1-3H3,(H,13,14). The number of alkyl halides is 1. The van der Waals surface area contributed by atoms with E-state index in [2.05, 4.69) is 42.0 Å². The topological polar surface area (TPSA) is 29.1 Å². The fraction of sp³-hybridized carbons (Fsp3) is 0.909. The van der Waals surface area contributed by atoms with Gasteiger partial charge in [-0.2, -0.15) is 0 Å². The average molecular weight is 264 g/mol. The van der Waals surface area contributed by atoms with Gasteiger partial charge in [0.05, 0.1) is 0 Å². The van der Waals surface area contributed by atoms with Crippen LogP contribution < -0.4 is 5.32 Å². The smallest absolute Gasteiger partial charge is 0.220 e. The van der Waals surface area contributed by atoms with Crippen LogP contribution in [0.5, 0.6) is 0 Å². The zero-order valence-electron chi connectivity index (χ0n) is 9.53. The third-order valence-corrected chi connectivity index (χ3v) is 3.84. The van der Waals surface area contributed by atoms with Crippen molar-refractivity contribution in [3.05, 3.63) is 0 Å². The van der Waals surface area contributed by atoms with Crippen molar-refractivity contribution in [3.63, 3.8) is 0 Å². The predicted molar refractivity (Wildman–Crippen MR) is 64.8 cm³/mol. The van der Waals surface area contributed by atoms with E-state index in [1.165, 1.54) is 0 Å². The van der Waals surface area contributed by atoms with Crippen molar-refractivity contribution in [2.45, 2.75) is 58.4 Å². The van der Waals surface area contributed by atoms with Gasteiger partial charge >= 0.3 is 0 Å². The highest BCUT2D eigenvalue weighted by molar-refractivity contribution is 9.09. The first-order valence-electron chi connectivity index (χ1n) is 5.51. The van der Waals surface area contributed by atoms with E-state index >= 15 is 0 Å². The second kappa shape index (κ2) is 7.27. The number of hydrogen-bond donors (Lipinski definition) is 1. The highest BCUT2D eigenvalue weighted by atomic mass is 79.9. The molecular weight excluding hydrogens is 242 g/mol. The van der Waals surface area contributed by atoms with Gasteiger partial charge in [0, 0.05) is 17.3 Å². The van der Waals surface area contributed by atoms with Crippen LogP contribution in [0.2, 0.25) is 0 Å². The van der Waals surface area contributed by atoms with Crippen molar-refractivity contribution in [1.29, 1.82) is 0 Å². The van der Waals surface area contributed by atoms with Gasteiger partial charge in [-0.05, 0) is 19.3 Å². The summed E-state index contributed by atoms with van der Waals surface area (Å²) in [5.41, 5.74) is -0.0369. The molecule has 14 heavy (non-hydrogen) atoms. The van der Waals surface area contributed by atoms with Crippen molar-refractivity contribution in [3.8, 4) is 0 Å². The van der Waals surface area contributed by atoms with Gasteiger partial charge in [-0.15, -0.1) is 0 Å². The molecule has 0 saturated heterocycles. The number of carbonyl (C=O) groups is 1. The van der Waals surface area contributed by atoms with Crippen molar-refractivity contribution < 1.29 is 4.79 Å². The fourth-order valence-corrected chi connectivity index (χ4v) is 2.28. The molecule has 3 heteroatoms. The molecule has 1 amide bonds. The predicted octanol–water partition coefficient (Wildman–Crippen LogP) is 3.25. The lowest BCUT2D eigenvalue weighted by Gasteiger charge is -2.30. The van der Waals surface area contributed by atoms with Crippen LogP contribution >= 0.6 is 15.9 Å². The van der Waals surface area contributed by atoms with Crippen molar-refractivity contribution in [2.24, 2.45) is 0 Å². The lowest BCUT2D eigenvalue weighted by atomic mass is 9.95. The van der Waals surface area contributed by atoms with Crippen LogP contribution in [-0.4, -0.2) is 16.8 Å². The Morgan fingerprint density at radius 2 is 1.86 bits per heavy atom. The van der Waals surface area contributed by atoms with Gasteiger partial charge in [0.25, 0.3) is 0 Å². The Morgan fingerprint density at radius 3 is 2.21 bits per heavy atom. The Bertz CT molecular complexity index is 158. The van der Waals surface area contributed by atoms with Crippen LogP contribution in [0, 0.1) is 0 Å². The minimum atomic E-state index is -0.0369. The van der Waals surface area contributed by atoms with E-state index in [0.29, 0.717) is 6.42 Å². The summed E-state index contributed by atoms with van der Waals surface area (Å²) in [5, 5.41) is 3.97. The molecule has 0 radical (unpaired) electrons. The van der Waals surface area contributed by atoms with Gasteiger partial charge in [-0.3, -0.25) is 4.79 Å². The van der Waals surface area contributed by atoms with Crippen molar-refractivity contribution >= 4 is 21.8 Å². The first kappa shape index (κ1) is 13.9. The number of unbranched alkanes of at least 4 members (excludes halogenated alkanes) is 1. The molecule has 0 aromatic rings. The second-order valence-corrected chi connectivity index (χ2v) is 4.33. The highest BCUT2D eigenvalue weighted by Gasteiger charge is 2.26. The van der Waals surface area contributed by atoms with E-state index < -0.39 is 0 Å². The second-order valence-electron chi connectivity index (χ2n) is 3.77. The normalized spacial score (nSPS) is 11.4. The molecule has 1 N–H and O–H groups in total. The lowest BCUT2D eigenvalue weighted by molar-refractivity contribution is -0.123. The quantitative estimate of drug-likeness (QED) is 0.703. The first-order chi connectivity index (χ1) is 6.64. The van der Waals surface area contributed by atoms with Gasteiger partial charge in [-0.1, -0.05) is 43.1 Å². The summed E-state index contributed by atoms with van der Waals surface area (Å²) in [7, 11) is 0. The van der Waals surface area contributed by atoms with E-state index in [0.717, 1.165) is 31.0 Å². The summed E-state index contributed by atoms with van der Waals surface area (Å²) in [6.45, 7) is 6.33. The number of hydrogen-bond acceptors (Lipinski definition) is 1. The third kappa shape index (κ3) is 4.45. The van der Waals surface area contributed by atoms with Crippen molar-refractivity contribution in [2.75, 3.05) is 5.33 Å². The van der Waals surface area contributed by atoms with E-state index in [-0.39, 0.29) is 11.4 Å². The van der Waals surface area contributed by atoms with Gasteiger partial charge in [0.2, 0.25) is 5.91 Å². The monoisotopic (exact) mass is 263 g/mol. The number of amides is 1. The van der Waals surface area contributed by atoms with Gasteiger partial charge in [0.1, 0.15) is 0 Å². The summed E-state index contributed by atoms with van der Waals surface area (Å²) in [5.74, 6) is 0.190. The molecule has 0 aromatic carbocycles. The Kier molecular flexibility index (Phi) is 7.24. The van der Waals surface area contributed by atoms with E-state index in [1.54, 1.807) is 0 Å². The molecular formula is C11H22BrNO. The molecule has 84 valence electrons. The molecule has 0 atom stereocenters. The van der Waals surface area contributed by atoms with E-state index in [9.17, 15) is 4.79 Å². The molecule has 0 saturated carbocycles. The van der Waals surface area contributed by atoms with Gasteiger partial charge in [0.15, 0.2) is 0 Å². The molecule has 0 aromatic heterocycles. The summed E-state index contributed by atoms with van der Waals surface area (Å²) in [6.07, 6.45) is 4.68. The molecule has 0 spiro atoms. The number of rotatable bonds is 7. The third-order valence-electron chi connectivity index (χ3n) is 2.77. The van der Waals surface area contributed by atoms with E-state index in [1.807, 2.05) is 0 Å².